The van der Waals surface area contributed by atoms with Gasteiger partial charge in [-0.2, -0.15) is 0 Å². The Morgan fingerprint density at radius 2 is 2.06 bits per heavy atom. The minimum atomic E-state index is -0.443. The first kappa shape index (κ1) is 12.4. The first-order valence-electron chi connectivity index (χ1n) is 6.29. The summed E-state index contributed by atoms with van der Waals surface area (Å²) >= 11 is 0. The second-order valence-corrected chi connectivity index (χ2v) is 4.78. The molecular weight excluding hydrogens is 220 g/mol. The summed E-state index contributed by atoms with van der Waals surface area (Å²) in [5.41, 5.74) is 0. The summed E-state index contributed by atoms with van der Waals surface area (Å²) in [6.07, 6.45) is 3.57. The zero-order valence-electron chi connectivity index (χ0n) is 10.4. The third-order valence-corrected chi connectivity index (χ3v) is 3.71. The smallest absolute Gasteiger partial charge is 0.315 e. The Morgan fingerprint density at radius 3 is 2.82 bits per heavy atom. The predicted octanol–water partition coefficient (Wildman–Crippen LogP) is 0.246. The van der Waals surface area contributed by atoms with Crippen LogP contribution >= 0.6 is 0 Å². The quantitative estimate of drug-likeness (QED) is 0.513. The van der Waals surface area contributed by atoms with Crippen molar-refractivity contribution in [2.45, 2.75) is 31.7 Å². The molecule has 0 aromatic heterocycles. The van der Waals surface area contributed by atoms with Crippen LogP contribution < -0.4 is 0 Å². The van der Waals surface area contributed by atoms with Gasteiger partial charge in [0.15, 0.2) is 0 Å². The van der Waals surface area contributed by atoms with E-state index in [4.69, 9.17) is 0 Å². The van der Waals surface area contributed by atoms with Crippen molar-refractivity contribution in [1.29, 1.82) is 0 Å². The van der Waals surface area contributed by atoms with Crippen LogP contribution in [0.15, 0.2) is 0 Å². The lowest BCUT2D eigenvalue weighted by Crippen LogP contribution is -2.56. The van der Waals surface area contributed by atoms with Crippen LogP contribution in [0.4, 0.5) is 0 Å². The summed E-state index contributed by atoms with van der Waals surface area (Å²) in [4.78, 5) is 27.2. The Labute approximate surface area is 102 Å². The van der Waals surface area contributed by atoms with Gasteiger partial charge in [0.2, 0.25) is 5.91 Å². The maximum absolute atomic E-state index is 11.8. The van der Waals surface area contributed by atoms with Crippen LogP contribution in [0.1, 0.15) is 25.7 Å². The van der Waals surface area contributed by atoms with Gasteiger partial charge in [-0.25, -0.2) is 0 Å². The molecule has 1 amide bonds. The molecule has 0 radical (unpaired) electrons. The minimum absolute atomic E-state index is 0.0953. The molecule has 2 aliphatic rings. The molecule has 1 atom stereocenters. The number of methoxy groups -OCH3 is 1. The average molecular weight is 240 g/mol. The molecule has 0 N–H and O–H groups in total. The van der Waals surface area contributed by atoms with Crippen LogP contribution in [0.2, 0.25) is 0 Å². The zero-order valence-corrected chi connectivity index (χ0v) is 10.4. The Bertz CT molecular complexity index is 306. The molecule has 5 heteroatoms. The molecule has 2 fully saturated rings. The summed E-state index contributed by atoms with van der Waals surface area (Å²) in [6.45, 7) is 3.61. The van der Waals surface area contributed by atoms with E-state index < -0.39 is 5.97 Å². The molecule has 2 aliphatic heterocycles. The first-order chi connectivity index (χ1) is 8.20. The molecule has 2 saturated heterocycles. The number of piperazine rings is 1. The Kier molecular flexibility index (Phi) is 3.99. The number of amides is 1. The fourth-order valence-electron chi connectivity index (χ4n) is 2.69. The van der Waals surface area contributed by atoms with Crippen molar-refractivity contribution in [2.24, 2.45) is 0 Å². The number of hydrogen-bond acceptors (Lipinski definition) is 4. The molecule has 0 aromatic rings. The Balaban J connectivity index is 1.86. The fraction of sp³-hybridized carbons (Fsp3) is 0.833. The largest absolute Gasteiger partial charge is 0.469 e. The van der Waals surface area contributed by atoms with E-state index in [1.54, 1.807) is 0 Å². The summed E-state index contributed by atoms with van der Waals surface area (Å²) in [5.74, 6) is -0.539. The maximum atomic E-state index is 11.8. The van der Waals surface area contributed by atoms with E-state index in [0.717, 1.165) is 26.2 Å². The molecule has 1 unspecified atom stereocenters. The van der Waals surface area contributed by atoms with E-state index in [9.17, 15) is 9.59 Å². The van der Waals surface area contributed by atoms with Gasteiger partial charge in [0.05, 0.1) is 7.11 Å². The molecule has 0 aliphatic carbocycles. The number of ether oxygens (including phenoxy) is 1. The topological polar surface area (TPSA) is 49.9 Å². The number of piperidine rings is 1. The third-order valence-electron chi connectivity index (χ3n) is 3.71. The van der Waals surface area contributed by atoms with E-state index >= 15 is 0 Å². The number of rotatable bonds is 2. The molecule has 0 aromatic carbocycles. The lowest BCUT2D eigenvalue weighted by atomic mass is 9.99. The van der Waals surface area contributed by atoms with Crippen molar-refractivity contribution in [2.75, 3.05) is 33.3 Å². The second kappa shape index (κ2) is 5.49. The van der Waals surface area contributed by atoms with Gasteiger partial charge < -0.3 is 9.64 Å². The van der Waals surface area contributed by atoms with Crippen LogP contribution in [0.25, 0.3) is 0 Å². The average Bonchev–Trinajstić information content (AvgIpc) is 2.38. The molecule has 96 valence electrons. The number of esters is 1. The molecule has 5 nitrogen and oxygen atoms in total. The number of hydrogen-bond donors (Lipinski definition) is 0. The van der Waals surface area contributed by atoms with Gasteiger partial charge >= 0.3 is 5.97 Å². The molecule has 0 bridgehead atoms. The summed E-state index contributed by atoms with van der Waals surface area (Å²) < 4.78 is 4.52. The van der Waals surface area contributed by atoms with Gasteiger partial charge in [0.1, 0.15) is 6.42 Å². The van der Waals surface area contributed by atoms with Crippen molar-refractivity contribution in [3.63, 3.8) is 0 Å². The second-order valence-electron chi connectivity index (χ2n) is 4.78. The molecule has 0 spiro atoms. The van der Waals surface area contributed by atoms with E-state index in [0.29, 0.717) is 6.04 Å². The van der Waals surface area contributed by atoms with Crippen LogP contribution in [-0.4, -0.2) is 61.0 Å². The standard InChI is InChI=1S/C12H20N2O3/c1-17-12(16)8-11(15)14-7-6-13-5-3-2-4-10(13)9-14/h10H,2-9H2,1H3. The minimum Gasteiger partial charge on any atom is -0.469 e. The number of carbonyl (C=O) groups excluding carboxylic acids is 2. The van der Waals surface area contributed by atoms with Crippen molar-refractivity contribution in [3.05, 3.63) is 0 Å². The molecule has 2 rings (SSSR count). The van der Waals surface area contributed by atoms with Gasteiger partial charge in [-0.05, 0) is 19.4 Å². The fourth-order valence-corrected chi connectivity index (χ4v) is 2.69. The lowest BCUT2D eigenvalue weighted by molar-refractivity contribution is -0.148. The first-order valence-corrected chi connectivity index (χ1v) is 6.29. The van der Waals surface area contributed by atoms with Crippen molar-refractivity contribution < 1.29 is 14.3 Å². The normalized spacial score (nSPS) is 25.2. The molecule has 17 heavy (non-hydrogen) atoms. The van der Waals surface area contributed by atoms with Crippen LogP contribution in [0.3, 0.4) is 0 Å². The van der Waals surface area contributed by atoms with Crippen molar-refractivity contribution in [1.82, 2.24) is 9.80 Å². The number of carbonyl (C=O) groups is 2. The van der Waals surface area contributed by atoms with Crippen LogP contribution in [0, 0.1) is 0 Å². The maximum Gasteiger partial charge on any atom is 0.315 e. The zero-order chi connectivity index (χ0) is 12.3. The third kappa shape index (κ3) is 2.97. The van der Waals surface area contributed by atoms with Gasteiger partial charge in [0.25, 0.3) is 0 Å². The summed E-state index contributed by atoms with van der Waals surface area (Å²) in [5, 5.41) is 0. The Morgan fingerprint density at radius 1 is 1.24 bits per heavy atom. The summed E-state index contributed by atoms with van der Waals surface area (Å²) in [6, 6.07) is 0.499. The van der Waals surface area contributed by atoms with Gasteiger partial charge in [-0.1, -0.05) is 6.42 Å². The Hall–Kier alpha value is -1.10. The molecule has 2 heterocycles. The van der Waals surface area contributed by atoms with Crippen LogP contribution in [0.5, 0.6) is 0 Å². The highest BCUT2D eigenvalue weighted by Gasteiger charge is 2.31. The van der Waals surface area contributed by atoms with Crippen molar-refractivity contribution >= 4 is 11.9 Å². The molecule has 0 saturated carbocycles. The summed E-state index contributed by atoms with van der Waals surface area (Å²) in [7, 11) is 1.31. The van der Waals surface area contributed by atoms with Gasteiger partial charge in [-0.3, -0.25) is 14.5 Å². The lowest BCUT2D eigenvalue weighted by Gasteiger charge is -2.43. The van der Waals surface area contributed by atoms with Crippen LogP contribution in [-0.2, 0) is 14.3 Å². The van der Waals surface area contributed by atoms with E-state index in [-0.39, 0.29) is 12.3 Å². The molecular formula is C12H20N2O3. The van der Waals surface area contributed by atoms with E-state index in [2.05, 4.69) is 9.64 Å². The highest BCUT2D eigenvalue weighted by Crippen LogP contribution is 2.21. The van der Waals surface area contributed by atoms with E-state index in [1.165, 1.54) is 26.4 Å². The predicted molar refractivity (Wildman–Crippen MR) is 62.4 cm³/mol. The monoisotopic (exact) mass is 240 g/mol. The number of fused-ring (bicyclic) bond motifs is 1. The number of nitrogens with zero attached hydrogens (tertiary/aromatic N) is 2. The van der Waals surface area contributed by atoms with E-state index in [1.807, 2.05) is 4.90 Å². The highest BCUT2D eigenvalue weighted by atomic mass is 16.5. The van der Waals surface area contributed by atoms with Gasteiger partial charge in [-0.15, -0.1) is 0 Å². The van der Waals surface area contributed by atoms with Gasteiger partial charge in [0, 0.05) is 25.7 Å². The van der Waals surface area contributed by atoms with Crippen molar-refractivity contribution in [3.8, 4) is 0 Å². The SMILES string of the molecule is COC(=O)CC(=O)N1CCN2CCCCC2C1. The highest BCUT2D eigenvalue weighted by molar-refractivity contribution is 5.94.